The van der Waals surface area contributed by atoms with Gasteiger partial charge in [-0.15, -0.1) is 0 Å². The van der Waals surface area contributed by atoms with Crippen molar-refractivity contribution in [1.29, 1.82) is 0 Å². The first-order valence-corrected chi connectivity index (χ1v) is 12.3. The molecule has 2 fully saturated rings. The van der Waals surface area contributed by atoms with Crippen molar-refractivity contribution < 1.29 is 9.84 Å². The maximum atomic E-state index is 9.35. The Morgan fingerprint density at radius 3 is 2.30 bits per heavy atom. The topological polar surface area (TPSA) is 32.7 Å². The zero-order chi connectivity index (χ0) is 19.2. The number of hydrogen-bond donors (Lipinski definition) is 1. The SMILES string of the molecule is CCCCCCCCC(CCCO)N1CCOC(C2CCCCCCC2)C1. The third kappa shape index (κ3) is 9.28. The Labute approximate surface area is 169 Å². The molecular formula is C24H47NO2. The zero-order valence-corrected chi connectivity index (χ0v) is 18.2. The molecule has 27 heavy (non-hydrogen) atoms. The number of morpholine rings is 1. The van der Waals surface area contributed by atoms with Crippen molar-refractivity contribution in [3.05, 3.63) is 0 Å². The molecule has 0 radical (unpaired) electrons. The molecule has 3 heteroatoms. The molecule has 1 N–H and O–H groups in total. The van der Waals surface area contributed by atoms with Crippen molar-refractivity contribution in [3.8, 4) is 0 Å². The third-order valence-corrected chi connectivity index (χ3v) is 6.90. The Kier molecular flexibility index (Phi) is 12.7. The van der Waals surface area contributed by atoms with E-state index >= 15 is 0 Å². The summed E-state index contributed by atoms with van der Waals surface area (Å²) in [6.07, 6.45) is 21.9. The first-order chi connectivity index (χ1) is 13.3. The molecule has 2 aliphatic rings. The summed E-state index contributed by atoms with van der Waals surface area (Å²) >= 11 is 0. The fraction of sp³-hybridized carbons (Fsp3) is 1.00. The Morgan fingerprint density at radius 1 is 0.889 bits per heavy atom. The van der Waals surface area contributed by atoms with E-state index in [0.29, 0.717) is 18.8 Å². The first-order valence-electron chi connectivity index (χ1n) is 12.3. The maximum Gasteiger partial charge on any atom is 0.0730 e. The lowest BCUT2D eigenvalue weighted by atomic mass is 9.86. The monoisotopic (exact) mass is 381 g/mol. The van der Waals surface area contributed by atoms with Crippen LogP contribution in [0.25, 0.3) is 0 Å². The molecule has 1 saturated carbocycles. The second-order valence-corrected chi connectivity index (χ2v) is 9.09. The number of nitrogens with zero attached hydrogens (tertiary/aromatic N) is 1. The summed E-state index contributed by atoms with van der Waals surface area (Å²) in [7, 11) is 0. The van der Waals surface area contributed by atoms with Gasteiger partial charge in [-0.1, -0.05) is 77.6 Å². The summed E-state index contributed by atoms with van der Waals surface area (Å²) in [5, 5.41) is 9.35. The average Bonchev–Trinajstić information content (AvgIpc) is 2.67. The number of unbranched alkanes of at least 4 members (excludes halogenated alkanes) is 5. The van der Waals surface area contributed by atoms with E-state index in [-0.39, 0.29) is 0 Å². The van der Waals surface area contributed by atoms with E-state index in [9.17, 15) is 5.11 Å². The number of rotatable bonds is 12. The molecule has 0 bridgehead atoms. The lowest BCUT2D eigenvalue weighted by Gasteiger charge is -2.41. The van der Waals surface area contributed by atoms with Gasteiger partial charge in [0, 0.05) is 25.7 Å². The van der Waals surface area contributed by atoms with E-state index in [1.807, 2.05) is 0 Å². The van der Waals surface area contributed by atoms with Crippen molar-refractivity contribution in [1.82, 2.24) is 4.90 Å². The van der Waals surface area contributed by atoms with Gasteiger partial charge < -0.3 is 9.84 Å². The second kappa shape index (κ2) is 14.8. The Hall–Kier alpha value is -0.120. The molecule has 2 atom stereocenters. The van der Waals surface area contributed by atoms with Crippen LogP contribution in [0.3, 0.4) is 0 Å². The average molecular weight is 382 g/mol. The van der Waals surface area contributed by atoms with Gasteiger partial charge in [0.15, 0.2) is 0 Å². The van der Waals surface area contributed by atoms with Crippen LogP contribution in [0.2, 0.25) is 0 Å². The Balaban J connectivity index is 1.79. The highest BCUT2D eigenvalue weighted by Crippen LogP contribution is 2.29. The standard InChI is InChI=1S/C24H47NO2/c1-2-3-4-5-9-12-16-23(17-13-19-26)25-18-20-27-24(21-25)22-14-10-7-6-8-11-15-22/h22-24,26H,2-21H2,1H3. The predicted molar refractivity (Wildman–Crippen MR) is 115 cm³/mol. The summed E-state index contributed by atoms with van der Waals surface area (Å²) in [6.45, 7) is 5.76. The van der Waals surface area contributed by atoms with Crippen LogP contribution in [0.5, 0.6) is 0 Å². The maximum absolute atomic E-state index is 9.35. The van der Waals surface area contributed by atoms with Crippen molar-refractivity contribution in [3.63, 3.8) is 0 Å². The summed E-state index contributed by atoms with van der Waals surface area (Å²) in [4.78, 5) is 2.73. The molecular weight excluding hydrogens is 334 g/mol. The quantitative estimate of drug-likeness (QED) is 0.425. The minimum Gasteiger partial charge on any atom is -0.396 e. The predicted octanol–water partition coefficient (Wildman–Crippen LogP) is 5.94. The summed E-state index contributed by atoms with van der Waals surface area (Å²) in [6, 6.07) is 0.656. The van der Waals surface area contributed by atoms with E-state index in [0.717, 1.165) is 38.5 Å². The van der Waals surface area contributed by atoms with E-state index in [4.69, 9.17) is 4.74 Å². The molecule has 1 saturated heterocycles. The molecule has 0 amide bonds. The molecule has 0 spiro atoms. The number of ether oxygens (including phenoxy) is 1. The van der Waals surface area contributed by atoms with Crippen molar-refractivity contribution >= 4 is 0 Å². The van der Waals surface area contributed by atoms with Crippen molar-refractivity contribution in [2.24, 2.45) is 5.92 Å². The van der Waals surface area contributed by atoms with E-state index in [1.54, 1.807) is 0 Å². The highest BCUT2D eigenvalue weighted by atomic mass is 16.5. The van der Waals surface area contributed by atoms with Crippen LogP contribution in [-0.4, -0.2) is 48.5 Å². The lowest BCUT2D eigenvalue weighted by molar-refractivity contribution is -0.0765. The molecule has 2 unspecified atom stereocenters. The lowest BCUT2D eigenvalue weighted by Crippen LogP contribution is -2.50. The van der Waals surface area contributed by atoms with E-state index < -0.39 is 0 Å². The van der Waals surface area contributed by atoms with Gasteiger partial charge in [0.25, 0.3) is 0 Å². The van der Waals surface area contributed by atoms with Gasteiger partial charge in [-0.25, -0.2) is 0 Å². The summed E-state index contributed by atoms with van der Waals surface area (Å²) in [5.74, 6) is 0.778. The Morgan fingerprint density at radius 2 is 1.56 bits per heavy atom. The normalized spacial score (nSPS) is 24.4. The van der Waals surface area contributed by atoms with Gasteiger partial charge in [-0.3, -0.25) is 4.90 Å². The fourth-order valence-corrected chi connectivity index (χ4v) is 5.17. The van der Waals surface area contributed by atoms with Gasteiger partial charge in [0.2, 0.25) is 0 Å². The van der Waals surface area contributed by atoms with Crippen LogP contribution >= 0.6 is 0 Å². The smallest absolute Gasteiger partial charge is 0.0730 e. The van der Waals surface area contributed by atoms with Crippen LogP contribution in [0.15, 0.2) is 0 Å². The van der Waals surface area contributed by atoms with Crippen molar-refractivity contribution in [2.45, 2.75) is 122 Å². The van der Waals surface area contributed by atoms with Crippen LogP contribution in [0.4, 0.5) is 0 Å². The molecule has 160 valence electrons. The summed E-state index contributed by atoms with van der Waals surface area (Å²) in [5.41, 5.74) is 0. The second-order valence-electron chi connectivity index (χ2n) is 9.09. The highest BCUT2D eigenvalue weighted by molar-refractivity contribution is 4.83. The van der Waals surface area contributed by atoms with Crippen LogP contribution in [-0.2, 0) is 4.74 Å². The number of aliphatic hydroxyl groups is 1. The van der Waals surface area contributed by atoms with Gasteiger partial charge in [0.05, 0.1) is 12.7 Å². The molecule has 1 aliphatic carbocycles. The van der Waals surface area contributed by atoms with Gasteiger partial charge in [0.1, 0.15) is 0 Å². The molecule has 3 nitrogen and oxygen atoms in total. The molecule has 1 heterocycles. The minimum absolute atomic E-state index is 0.337. The van der Waals surface area contributed by atoms with Gasteiger partial charge in [-0.2, -0.15) is 0 Å². The van der Waals surface area contributed by atoms with Crippen molar-refractivity contribution in [2.75, 3.05) is 26.3 Å². The van der Waals surface area contributed by atoms with Crippen LogP contribution < -0.4 is 0 Å². The number of hydrogen-bond acceptors (Lipinski definition) is 3. The number of aliphatic hydroxyl groups excluding tert-OH is 1. The van der Waals surface area contributed by atoms with Crippen LogP contribution in [0, 0.1) is 5.92 Å². The van der Waals surface area contributed by atoms with E-state index in [2.05, 4.69) is 11.8 Å². The molecule has 0 aromatic carbocycles. The highest BCUT2D eigenvalue weighted by Gasteiger charge is 2.31. The minimum atomic E-state index is 0.337. The molecule has 0 aromatic heterocycles. The fourth-order valence-electron chi connectivity index (χ4n) is 5.17. The zero-order valence-electron chi connectivity index (χ0n) is 18.2. The molecule has 1 aliphatic heterocycles. The molecule has 0 aromatic rings. The van der Waals surface area contributed by atoms with Crippen LogP contribution in [0.1, 0.15) is 110 Å². The third-order valence-electron chi connectivity index (χ3n) is 6.90. The first kappa shape index (κ1) is 23.2. The van der Waals surface area contributed by atoms with Gasteiger partial charge >= 0.3 is 0 Å². The van der Waals surface area contributed by atoms with Gasteiger partial charge in [-0.05, 0) is 38.0 Å². The summed E-state index contributed by atoms with van der Waals surface area (Å²) < 4.78 is 6.28. The Bertz CT molecular complexity index is 341. The largest absolute Gasteiger partial charge is 0.396 e. The molecule has 2 rings (SSSR count). The van der Waals surface area contributed by atoms with E-state index in [1.165, 1.54) is 89.9 Å².